The van der Waals surface area contributed by atoms with E-state index >= 15 is 0 Å². The Morgan fingerprint density at radius 2 is 1.68 bits per heavy atom. The van der Waals surface area contributed by atoms with Gasteiger partial charge in [-0.3, -0.25) is 4.98 Å². The number of aryl methyl sites for hydroxylation is 1. The van der Waals surface area contributed by atoms with Crippen LogP contribution in [0, 0.1) is 12.8 Å². The molecule has 1 atom stereocenters. The van der Waals surface area contributed by atoms with Gasteiger partial charge in [-0.2, -0.15) is 0 Å². The van der Waals surface area contributed by atoms with E-state index in [4.69, 9.17) is 25.2 Å². The number of fused-ring (bicyclic) bond motifs is 1. The molecule has 3 heterocycles. The van der Waals surface area contributed by atoms with Gasteiger partial charge in [-0.1, -0.05) is 50.2 Å². The lowest BCUT2D eigenvalue weighted by molar-refractivity contribution is 0.271. The van der Waals surface area contributed by atoms with Gasteiger partial charge >= 0.3 is 0 Å². The predicted octanol–water partition coefficient (Wildman–Crippen LogP) is 6.75. The summed E-state index contributed by atoms with van der Waals surface area (Å²) in [6, 6.07) is 20.0. The third-order valence-electron chi connectivity index (χ3n) is 6.55. The molecule has 3 aromatic heterocycles. The molecule has 7 nitrogen and oxygen atoms in total. The second-order valence-corrected chi connectivity index (χ2v) is 11.4. The van der Waals surface area contributed by atoms with Crippen LogP contribution in [0.15, 0.2) is 73.1 Å². The van der Waals surface area contributed by atoms with Crippen molar-refractivity contribution in [2.75, 3.05) is 25.6 Å². The van der Waals surface area contributed by atoms with Crippen LogP contribution in [-0.4, -0.2) is 41.3 Å². The van der Waals surface area contributed by atoms with Crippen molar-refractivity contribution < 1.29 is 9.47 Å². The van der Waals surface area contributed by atoms with Crippen LogP contribution in [0.25, 0.3) is 32.7 Å². The van der Waals surface area contributed by atoms with E-state index in [0.29, 0.717) is 24.9 Å². The number of methoxy groups -OCH3 is 1. The van der Waals surface area contributed by atoms with E-state index in [1.54, 1.807) is 30.8 Å². The normalized spacial score (nSPS) is 12.1. The lowest BCUT2D eigenvalue weighted by Crippen LogP contribution is -2.31. The summed E-state index contributed by atoms with van der Waals surface area (Å²) >= 11 is 1.66. The molecule has 206 valence electrons. The van der Waals surface area contributed by atoms with E-state index < -0.39 is 0 Å². The minimum absolute atomic E-state index is 0.0810. The molecule has 1 unspecified atom stereocenters. The monoisotopic (exact) mass is 553 g/mol. The number of benzene rings is 2. The predicted molar refractivity (Wildman–Crippen MR) is 164 cm³/mol. The Balaban J connectivity index is 1.61. The number of pyridine rings is 1. The van der Waals surface area contributed by atoms with Gasteiger partial charge in [-0.25, -0.2) is 9.97 Å². The molecule has 3 N–H and O–H groups in total. The van der Waals surface area contributed by atoms with Gasteiger partial charge in [0.15, 0.2) is 5.82 Å². The Kier molecular flexibility index (Phi) is 8.57. The zero-order chi connectivity index (χ0) is 28.1. The smallest absolute Gasteiger partial charge is 0.162 e. The zero-order valence-electron chi connectivity index (χ0n) is 23.3. The number of aromatic nitrogens is 3. The highest BCUT2D eigenvalue weighted by Crippen LogP contribution is 2.47. The first kappa shape index (κ1) is 27.6. The summed E-state index contributed by atoms with van der Waals surface area (Å²) in [7, 11) is 1.69. The van der Waals surface area contributed by atoms with Crippen LogP contribution in [0.5, 0.6) is 11.5 Å². The highest BCUT2D eigenvalue weighted by Gasteiger charge is 2.24. The molecule has 2 aromatic carbocycles. The van der Waals surface area contributed by atoms with Crippen molar-refractivity contribution in [2.45, 2.75) is 33.2 Å². The molecule has 5 rings (SSSR count). The molecule has 40 heavy (non-hydrogen) atoms. The summed E-state index contributed by atoms with van der Waals surface area (Å²) in [6.07, 6.45) is 4.28. The Morgan fingerprint density at radius 1 is 0.925 bits per heavy atom. The minimum Gasteiger partial charge on any atom is -0.496 e. The lowest BCUT2D eigenvalue weighted by Gasteiger charge is -2.17. The molecule has 5 aromatic rings. The van der Waals surface area contributed by atoms with Crippen LogP contribution in [0.3, 0.4) is 0 Å². The molecule has 0 amide bonds. The number of hydrogen-bond acceptors (Lipinski definition) is 8. The summed E-state index contributed by atoms with van der Waals surface area (Å²) in [4.78, 5) is 15.3. The molecule has 0 saturated carbocycles. The summed E-state index contributed by atoms with van der Waals surface area (Å²) in [5.41, 5.74) is 11.4. The fraction of sp³-hybridized carbons (Fsp3) is 0.281. The largest absolute Gasteiger partial charge is 0.496 e. The number of rotatable bonds is 11. The molecule has 0 bridgehead atoms. The fourth-order valence-electron chi connectivity index (χ4n) is 4.65. The number of nitrogens with one attached hydrogen (secondary N) is 1. The van der Waals surface area contributed by atoms with Crippen molar-refractivity contribution in [2.24, 2.45) is 11.7 Å². The maximum atomic E-state index is 6.54. The van der Waals surface area contributed by atoms with Gasteiger partial charge in [0.2, 0.25) is 0 Å². The van der Waals surface area contributed by atoms with Gasteiger partial charge in [0, 0.05) is 41.0 Å². The maximum absolute atomic E-state index is 6.54. The Hall–Kier alpha value is -4.01. The van der Waals surface area contributed by atoms with E-state index in [2.05, 4.69) is 43.2 Å². The number of nitrogens with two attached hydrogens (primary N) is 1. The Labute approximate surface area is 239 Å². The van der Waals surface area contributed by atoms with E-state index in [1.807, 2.05) is 48.5 Å². The van der Waals surface area contributed by atoms with Crippen molar-refractivity contribution in [3.05, 3.63) is 83.5 Å². The van der Waals surface area contributed by atoms with Crippen molar-refractivity contribution in [1.82, 2.24) is 15.0 Å². The second kappa shape index (κ2) is 12.4. The average Bonchev–Trinajstić information content (AvgIpc) is 3.30. The van der Waals surface area contributed by atoms with Gasteiger partial charge in [0.25, 0.3) is 0 Å². The molecule has 0 aliphatic rings. The third kappa shape index (κ3) is 6.08. The number of nitrogens with zero attached hydrogens (tertiary/aromatic N) is 3. The molecule has 0 aliphatic carbocycles. The fourth-order valence-corrected chi connectivity index (χ4v) is 5.72. The average molecular weight is 554 g/mol. The van der Waals surface area contributed by atoms with Crippen LogP contribution < -0.4 is 20.5 Å². The van der Waals surface area contributed by atoms with Gasteiger partial charge in [0.1, 0.15) is 17.3 Å². The number of anilines is 1. The molecular formula is C32H35N5O2S. The highest BCUT2D eigenvalue weighted by molar-refractivity contribution is 7.20. The zero-order valence-corrected chi connectivity index (χ0v) is 24.2. The van der Waals surface area contributed by atoms with Crippen molar-refractivity contribution in [3.63, 3.8) is 0 Å². The Bertz CT molecular complexity index is 1570. The number of hydrogen-bond donors (Lipinski definition) is 2. The molecule has 0 fully saturated rings. The van der Waals surface area contributed by atoms with Crippen LogP contribution in [-0.2, 0) is 6.42 Å². The van der Waals surface area contributed by atoms with Crippen LogP contribution in [0.2, 0.25) is 0 Å². The molecule has 0 radical (unpaired) electrons. The quantitative estimate of drug-likeness (QED) is 0.187. The first-order valence-corrected chi connectivity index (χ1v) is 14.3. The van der Waals surface area contributed by atoms with Gasteiger partial charge < -0.3 is 20.5 Å². The van der Waals surface area contributed by atoms with Gasteiger partial charge in [-0.05, 0) is 49.1 Å². The topological polar surface area (TPSA) is 95.2 Å². The van der Waals surface area contributed by atoms with Gasteiger partial charge in [0.05, 0.1) is 29.5 Å². The number of thiophene rings is 1. The first-order valence-electron chi connectivity index (χ1n) is 13.5. The van der Waals surface area contributed by atoms with Crippen molar-refractivity contribution in [1.29, 1.82) is 0 Å². The highest BCUT2D eigenvalue weighted by atomic mass is 32.1. The standard InChI is InChI=1S/C32H35N5O2S/c1-20(2)19-39-26-12-8-11-25(38-4)28(26)27-21(3)40-30-29(27)36-31(23-13-15-34-16-14-23)37-32(30)35-18-24(33)17-22-9-6-5-7-10-22/h5-16,20,24H,17-19,33H2,1-4H3,(H,35,36,37). The van der Waals surface area contributed by atoms with Crippen LogP contribution in [0.4, 0.5) is 5.82 Å². The van der Waals surface area contributed by atoms with Crippen molar-refractivity contribution in [3.8, 4) is 34.0 Å². The molecule has 8 heteroatoms. The maximum Gasteiger partial charge on any atom is 0.162 e. The molecule has 0 aliphatic heterocycles. The molecule has 0 saturated heterocycles. The summed E-state index contributed by atoms with van der Waals surface area (Å²) in [5, 5.41) is 3.55. The van der Waals surface area contributed by atoms with Crippen molar-refractivity contribution >= 4 is 27.4 Å². The van der Waals surface area contributed by atoms with E-state index in [-0.39, 0.29) is 6.04 Å². The van der Waals surface area contributed by atoms with E-state index in [0.717, 1.165) is 55.5 Å². The lowest BCUT2D eigenvalue weighted by atomic mass is 10.0. The SMILES string of the molecule is COc1cccc(OCC(C)C)c1-c1c(C)sc2c(NCC(N)Cc3ccccc3)nc(-c3ccncc3)nc12. The molecular weight excluding hydrogens is 518 g/mol. The second-order valence-electron chi connectivity index (χ2n) is 10.2. The Morgan fingerprint density at radius 3 is 2.40 bits per heavy atom. The van der Waals surface area contributed by atoms with Gasteiger partial charge in [-0.15, -0.1) is 11.3 Å². The van der Waals surface area contributed by atoms with Crippen LogP contribution in [0.1, 0.15) is 24.3 Å². The van der Waals surface area contributed by atoms with E-state index in [9.17, 15) is 0 Å². The van der Waals surface area contributed by atoms with Crippen LogP contribution >= 0.6 is 11.3 Å². The number of ether oxygens (including phenoxy) is 2. The summed E-state index contributed by atoms with van der Waals surface area (Å²) in [6.45, 7) is 7.56. The summed E-state index contributed by atoms with van der Waals surface area (Å²) < 4.78 is 13.1. The summed E-state index contributed by atoms with van der Waals surface area (Å²) in [5.74, 6) is 3.29. The molecule has 0 spiro atoms. The third-order valence-corrected chi connectivity index (χ3v) is 7.65. The minimum atomic E-state index is -0.0810. The first-order chi connectivity index (χ1) is 19.4. The van der Waals surface area contributed by atoms with E-state index in [1.165, 1.54) is 5.56 Å².